The summed E-state index contributed by atoms with van der Waals surface area (Å²) >= 11 is 22.8. The van der Waals surface area contributed by atoms with Crippen molar-refractivity contribution >= 4 is 58.0 Å². The Labute approximate surface area is 149 Å². The molecular formula is C13H6Cl4F2N2O2. The minimum absolute atomic E-state index is 0.197. The van der Waals surface area contributed by atoms with Crippen molar-refractivity contribution in [3.8, 4) is 5.75 Å². The summed E-state index contributed by atoms with van der Waals surface area (Å²) in [5, 5.41) is 1.50. The van der Waals surface area contributed by atoms with Crippen LogP contribution >= 0.6 is 46.4 Å². The van der Waals surface area contributed by atoms with Crippen LogP contribution in [-0.4, -0.2) is 17.5 Å². The van der Waals surface area contributed by atoms with Crippen LogP contribution in [0.2, 0.25) is 20.1 Å². The highest BCUT2D eigenvalue weighted by atomic mass is 35.5. The fourth-order valence-electron chi connectivity index (χ4n) is 1.51. The normalized spacial score (nSPS) is 10.5. The molecule has 0 aliphatic rings. The number of carbonyl (C=O) groups is 1. The molecule has 0 bridgehead atoms. The number of carbonyl (C=O) groups excluding carboxylic acids is 1. The fraction of sp³-hybridized carbons (Fsp3) is 0.0769. The molecule has 1 amide bonds. The zero-order valence-electron chi connectivity index (χ0n) is 11.0. The number of benzene rings is 1. The summed E-state index contributed by atoms with van der Waals surface area (Å²) in [5.41, 5.74) is -0.436. The third-order valence-electron chi connectivity index (χ3n) is 2.51. The highest BCUT2D eigenvalue weighted by molar-refractivity contribution is 6.39. The average molecular weight is 402 g/mol. The smallest absolute Gasteiger partial charge is 0.262 e. The van der Waals surface area contributed by atoms with E-state index in [1.165, 1.54) is 18.2 Å². The number of pyridine rings is 1. The van der Waals surface area contributed by atoms with Crippen LogP contribution in [0.25, 0.3) is 0 Å². The molecule has 0 spiro atoms. The van der Waals surface area contributed by atoms with E-state index in [0.717, 1.165) is 0 Å². The number of aromatic nitrogens is 1. The van der Waals surface area contributed by atoms with Gasteiger partial charge in [0, 0.05) is 5.02 Å². The topological polar surface area (TPSA) is 51.2 Å². The van der Waals surface area contributed by atoms with E-state index in [0.29, 0.717) is 5.02 Å². The summed E-state index contributed by atoms with van der Waals surface area (Å²) in [7, 11) is 0. The minimum atomic E-state index is -1.30. The lowest BCUT2D eigenvalue weighted by atomic mass is 10.3. The molecule has 122 valence electrons. The second-order valence-electron chi connectivity index (χ2n) is 4.11. The summed E-state index contributed by atoms with van der Waals surface area (Å²) < 4.78 is 31.7. The molecule has 0 saturated carbocycles. The third-order valence-corrected chi connectivity index (χ3v) is 3.73. The monoisotopic (exact) mass is 400 g/mol. The zero-order valence-corrected chi connectivity index (χ0v) is 14.0. The molecule has 0 fully saturated rings. The molecule has 0 unspecified atom stereocenters. The summed E-state index contributed by atoms with van der Waals surface area (Å²) in [6.07, 6.45) is 0. The third kappa shape index (κ3) is 4.35. The van der Waals surface area contributed by atoms with Crippen LogP contribution in [0.15, 0.2) is 18.2 Å². The quantitative estimate of drug-likeness (QED) is 0.734. The van der Waals surface area contributed by atoms with Crippen molar-refractivity contribution in [1.82, 2.24) is 4.98 Å². The van der Waals surface area contributed by atoms with Gasteiger partial charge in [0.1, 0.15) is 15.8 Å². The number of nitrogens with zero attached hydrogens (tertiary/aromatic N) is 1. The van der Waals surface area contributed by atoms with Gasteiger partial charge in [-0.2, -0.15) is 13.8 Å². The Morgan fingerprint density at radius 1 is 1.13 bits per heavy atom. The maximum absolute atomic E-state index is 13.3. The van der Waals surface area contributed by atoms with Gasteiger partial charge in [0.25, 0.3) is 5.91 Å². The number of rotatable bonds is 4. The number of halogens is 6. The standard InChI is InChI=1S/C13H6Cl4F2N2O2/c14-5-1-2-7(6(15)3-5)23-4-8(22)20-11-9(16)12(18)21-13(19)10(11)17/h1-3H,4H2,(H,20,21,22). The van der Waals surface area contributed by atoms with Crippen molar-refractivity contribution in [2.75, 3.05) is 11.9 Å². The highest BCUT2D eigenvalue weighted by Crippen LogP contribution is 2.33. The lowest BCUT2D eigenvalue weighted by Crippen LogP contribution is -2.21. The van der Waals surface area contributed by atoms with Crippen molar-refractivity contribution in [1.29, 1.82) is 0 Å². The van der Waals surface area contributed by atoms with Crippen molar-refractivity contribution in [2.24, 2.45) is 0 Å². The average Bonchev–Trinajstić information content (AvgIpc) is 2.49. The fourth-order valence-corrected chi connectivity index (χ4v) is 2.39. The summed E-state index contributed by atoms with van der Waals surface area (Å²) in [6.45, 7) is -0.500. The molecule has 10 heteroatoms. The van der Waals surface area contributed by atoms with Gasteiger partial charge in [-0.05, 0) is 18.2 Å². The van der Waals surface area contributed by atoms with Crippen molar-refractivity contribution < 1.29 is 18.3 Å². The Kier molecular flexibility index (Phi) is 5.86. The molecule has 1 aromatic carbocycles. The first-order valence-corrected chi connectivity index (χ1v) is 7.38. The maximum Gasteiger partial charge on any atom is 0.262 e. The lowest BCUT2D eigenvalue weighted by molar-refractivity contribution is -0.118. The molecule has 1 heterocycles. The molecule has 1 aromatic heterocycles. The molecule has 0 radical (unpaired) electrons. The Hall–Kier alpha value is -1.34. The molecule has 23 heavy (non-hydrogen) atoms. The van der Waals surface area contributed by atoms with Crippen LogP contribution < -0.4 is 10.1 Å². The predicted molar refractivity (Wildman–Crippen MR) is 84.8 cm³/mol. The van der Waals surface area contributed by atoms with E-state index >= 15 is 0 Å². The van der Waals surface area contributed by atoms with Crippen LogP contribution in [0.3, 0.4) is 0 Å². The number of hydrogen-bond donors (Lipinski definition) is 1. The molecule has 0 atom stereocenters. The second kappa shape index (κ2) is 7.49. The van der Waals surface area contributed by atoms with Crippen LogP contribution in [0.5, 0.6) is 5.75 Å². The van der Waals surface area contributed by atoms with E-state index in [2.05, 4.69) is 10.3 Å². The number of ether oxygens (including phenoxy) is 1. The molecule has 4 nitrogen and oxygen atoms in total. The zero-order chi connectivity index (χ0) is 17.1. The van der Waals surface area contributed by atoms with E-state index in [9.17, 15) is 13.6 Å². The van der Waals surface area contributed by atoms with Crippen LogP contribution in [0.1, 0.15) is 0 Å². The number of nitrogens with one attached hydrogen (secondary N) is 1. The number of hydrogen-bond acceptors (Lipinski definition) is 3. The molecule has 0 aliphatic heterocycles. The van der Waals surface area contributed by atoms with Gasteiger partial charge in [-0.1, -0.05) is 46.4 Å². The van der Waals surface area contributed by atoms with Gasteiger partial charge >= 0.3 is 0 Å². The van der Waals surface area contributed by atoms with Crippen molar-refractivity contribution in [3.05, 3.63) is 50.2 Å². The van der Waals surface area contributed by atoms with E-state index in [4.69, 9.17) is 51.1 Å². The van der Waals surface area contributed by atoms with Gasteiger partial charge in [-0.25, -0.2) is 0 Å². The van der Waals surface area contributed by atoms with Gasteiger partial charge in [0.15, 0.2) is 6.61 Å². The first-order valence-electron chi connectivity index (χ1n) is 5.87. The first kappa shape index (κ1) is 18.0. The lowest BCUT2D eigenvalue weighted by Gasteiger charge is -2.11. The molecule has 0 saturated heterocycles. The summed E-state index contributed by atoms with van der Waals surface area (Å²) in [4.78, 5) is 14.6. The van der Waals surface area contributed by atoms with Crippen LogP contribution in [-0.2, 0) is 4.79 Å². The maximum atomic E-state index is 13.3. The number of amides is 1. The molecule has 0 aliphatic carbocycles. The Morgan fingerprint density at radius 2 is 1.74 bits per heavy atom. The van der Waals surface area contributed by atoms with E-state index in [1.807, 2.05) is 0 Å². The number of anilines is 1. The van der Waals surface area contributed by atoms with E-state index in [-0.39, 0.29) is 10.8 Å². The van der Waals surface area contributed by atoms with Gasteiger partial charge < -0.3 is 10.1 Å². The van der Waals surface area contributed by atoms with Gasteiger partial charge in [-0.15, -0.1) is 0 Å². The second-order valence-corrected chi connectivity index (χ2v) is 5.71. The van der Waals surface area contributed by atoms with E-state index < -0.39 is 40.1 Å². The van der Waals surface area contributed by atoms with Gasteiger partial charge in [0.05, 0.1) is 10.7 Å². The largest absolute Gasteiger partial charge is 0.482 e. The van der Waals surface area contributed by atoms with Gasteiger partial charge in [0.2, 0.25) is 11.9 Å². The summed E-state index contributed by atoms with van der Waals surface area (Å²) in [5.74, 6) is -3.16. The molecular weight excluding hydrogens is 396 g/mol. The highest BCUT2D eigenvalue weighted by Gasteiger charge is 2.19. The van der Waals surface area contributed by atoms with Crippen LogP contribution in [0.4, 0.5) is 14.5 Å². The Balaban J connectivity index is 2.09. The predicted octanol–water partition coefficient (Wildman–Crippen LogP) is 4.99. The minimum Gasteiger partial charge on any atom is -0.482 e. The van der Waals surface area contributed by atoms with Crippen molar-refractivity contribution in [3.63, 3.8) is 0 Å². The molecule has 1 N–H and O–H groups in total. The summed E-state index contributed by atoms with van der Waals surface area (Å²) in [6, 6.07) is 4.41. The first-order chi connectivity index (χ1) is 10.8. The van der Waals surface area contributed by atoms with E-state index in [1.54, 1.807) is 0 Å². The Morgan fingerprint density at radius 3 is 2.30 bits per heavy atom. The van der Waals surface area contributed by atoms with Crippen molar-refractivity contribution in [2.45, 2.75) is 0 Å². The molecule has 2 aromatic rings. The van der Waals surface area contributed by atoms with Gasteiger partial charge in [-0.3, -0.25) is 4.79 Å². The van der Waals surface area contributed by atoms with Crippen LogP contribution in [0, 0.1) is 11.9 Å². The SMILES string of the molecule is O=C(COc1ccc(Cl)cc1Cl)Nc1c(Cl)c(F)nc(F)c1Cl. The molecule has 2 rings (SSSR count). The Bertz CT molecular complexity index is 748.